The lowest BCUT2D eigenvalue weighted by molar-refractivity contribution is 0.0983. The van der Waals surface area contributed by atoms with Gasteiger partial charge in [-0.25, -0.2) is 14.8 Å². The van der Waals surface area contributed by atoms with Crippen molar-refractivity contribution in [2.24, 2.45) is 0 Å². The predicted octanol–water partition coefficient (Wildman–Crippen LogP) is 3.15. The lowest BCUT2D eigenvalue weighted by atomic mass is 10.1. The summed E-state index contributed by atoms with van der Waals surface area (Å²) in [6.45, 7) is 4.42. The van der Waals surface area contributed by atoms with Crippen LogP contribution in [-0.2, 0) is 11.3 Å². The zero-order valence-electron chi connectivity index (χ0n) is 16.0. The number of aromatic nitrogens is 2. The van der Waals surface area contributed by atoms with Crippen LogP contribution in [0.2, 0.25) is 0 Å². The van der Waals surface area contributed by atoms with Gasteiger partial charge in [-0.2, -0.15) is 0 Å². The van der Waals surface area contributed by atoms with Crippen molar-refractivity contribution < 1.29 is 9.53 Å². The van der Waals surface area contributed by atoms with E-state index in [4.69, 9.17) is 4.74 Å². The standard InChI is InChI=1S/C20H27N5O2/c1-3-27-20(26)25-11-9-17(10-12-25)23-18-13-19(22-15-21-18)24(2)14-16-7-5-4-6-8-16/h4-8,13,15,17H,3,9-12,14H2,1-2H3,(H,21,22,23). The summed E-state index contributed by atoms with van der Waals surface area (Å²) in [6.07, 6.45) is 3.12. The molecule has 0 aliphatic carbocycles. The molecule has 0 spiro atoms. The van der Waals surface area contributed by atoms with E-state index in [0.717, 1.165) is 31.0 Å². The molecular weight excluding hydrogens is 342 g/mol. The number of piperidine rings is 1. The molecule has 0 saturated carbocycles. The van der Waals surface area contributed by atoms with Gasteiger partial charge in [0.1, 0.15) is 18.0 Å². The molecule has 3 rings (SSSR count). The molecule has 1 aromatic carbocycles. The second-order valence-corrected chi connectivity index (χ2v) is 6.71. The Morgan fingerprint density at radius 3 is 2.70 bits per heavy atom. The summed E-state index contributed by atoms with van der Waals surface area (Å²) in [7, 11) is 2.02. The zero-order valence-corrected chi connectivity index (χ0v) is 16.0. The Morgan fingerprint density at radius 1 is 1.26 bits per heavy atom. The van der Waals surface area contributed by atoms with Crippen molar-refractivity contribution in [1.82, 2.24) is 14.9 Å². The Bertz CT molecular complexity index is 732. The van der Waals surface area contributed by atoms with Crippen molar-refractivity contribution in [1.29, 1.82) is 0 Å². The average Bonchev–Trinajstić information content (AvgIpc) is 2.70. The first-order valence-electron chi connectivity index (χ1n) is 9.41. The Labute approximate surface area is 160 Å². The molecule has 0 radical (unpaired) electrons. The lowest BCUT2D eigenvalue weighted by Gasteiger charge is -2.32. The zero-order chi connectivity index (χ0) is 19.1. The summed E-state index contributed by atoms with van der Waals surface area (Å²) in [6, 6.07) is 12.6. The van der Waals surface area contributed by atoms with E-state index in [9.17, 15) is 4.79 Å². The molecule has 0 bridgehead atoms. The third kappa shape index (κ3) is 5.32. The first-order chi connectivity index (χ1) is 13.2. The molecule has 2 heterocycles. The van der Waals surface area contributed by atoms with Gasteiger partial charge in [-0.15, -0.1) is 0 Å². The number of amides is 1. The highest BCUT2D eigenvalue weighted by atomic mass is 16.6. The summed E-state index contributed by atoms with van der Waals surface area (Å²) in [4.78, 5) is 24.4. The first kappa shape index (κ1) is 18.9. The van der Waals surface area contributed by atoms with Gasteiger partial charge >= 0.3 is 6.09 Å². The van der Waals surface area contributed by atoms with Gasteiger partial charge in [-0.1, -0.05) is 30.3 Å². The molecule has 1 aromatic heterocycles. The largest absolute Gasteiger partial charge is 0.450 e. The highest BCUT2D eigenvalue weighted by Crippen LogP contribution is 2.19. The lowest BCUT2D eigenvalue weighted by Crippen LogP contribution is -2.42. The van der Waals surface area contributed by atoms with E-state index in [1.54, 1.807) is 11.2 Å². The Kier molecular flexibility index (Phi) is 6.46. The van der Waals surface area contributed by atoms with Crippen molar-refractivity contribution in [3.8, 4) is 0 Å². The van der Waals surface area contributed by atoms with E-state index in [2.05, 4.69) is 32.3 Å². The van der Waals surface area contributed by atoms with E-state index in [1.807, 2.05) is 38.2 Å². The minimum atomic E-state index is -0.220. The molecule has 1 aliphatic rings. The van der Waals surface area contributed by atoms with E-state index >= 15 is 0 Å². The monoisotopic (exact) mass is 369 g/mol. The maximum absolute atomic E-state index is 11.8. The number of nitrogens with one attached hydrogen (secondary N) is 1. The smallest absolute Gasteiger partial charge is 0.409 e. The topological polar surface area (TPSA) is 70.6 Å². The van der Waals surface area contributed by atoms with Gasteiger partial charge in [0.2, 0.25) is 0 Å². The van der Waals surface area contributed by atoms with Crippen LogP contribution in [0.3, 0.4) is 0 Å². The van der Waals surface area contributed by atoms with Gasteiger partial charge in [-0.05, 0) is 25.3 Å². The van der Waals surface area contributed by atoms with Crippen molar-refractivity contribution in [3.05, 3.63) is 48.3 Å². The molecule has 144 valence electrons. The van der Waals surface area contributed by atoms with Crippen LogP contribution < -0.4 is 10.2 Å². The van der Waals surface area contributed by atoms with E-state index < -0.39 is 0 Å². The predicted molar refractivity (Wildman–Crippen MR) is 106 cm³/mol. The number of hydrogen-bond acceptors (Lipinski definition) is 6. The number of carbonyl (C=O) groups excluding carboxylic acids is 1. The van der Waals surface area contributed by atoms with Crippen LogP contribution >= 0.6 is 0 Å². The SMILES string of the molecule is CCOC(=O)N1CCC(Nc2cc(N(C)Cc3ccccc3)ncn2)CC1. The molecule has 1 amide bonds. The second kappa shape index (κ2) is 9.21. The molecule has 1 aliphatic heterocycles. The molecule has 1 fully saturated rings. The Balaban J connectivity index is 1.54. The maximum atomic E-state index is 11.8. The van der Waals surface area contributed by atoms with Crippen LogP contribution in [-0.4, -0.2) is 53.7 Å². The summed E-state index contributed by atoms with van der Waals surface area (Å²) in [5.74, 6) is 1.69. The van der Waals surface area contributed by atoms with Crippen LogP contribution in [0.15, 0.2) is 42.7 Å². The van der Waals surface area contributed by atoms with Gasteiger partial charge in [0.05, 0.1) is 6.61 Å². The van der Waals surface area contributed by atoms with E-state index in [-0.39, 0.29) is 12.1 Å². The fraction of sp³-hybridized carbons (Fsp3) is 0.450. The molecule has 7 heteroatoms. The Morgan fingerprint density at radius 2 is 2.00 bits per heavy atom. The number of hydrogen-bond donors (Lipinski definition) is 1. The summed E-state index contributed by atoms with van der Waals surface area (Å²) >= 11 is 0. The third-order valence-electron chi connectivity index (χ3n) is 4.68. The molecule has 7 nitrogen and oxygen atoms in total. The molecule has 1 N–H and O–H groups in total. The molecular formula is C20H27N5O2. The number of ether oxygens (including phenoxy) is 1. The number of rotatable bonds is 6. The number of nitrogens with zero attached hydrogens (tertiary/aromatic N) is 4. The fourth-order valence-corrected chi connectivity index (χ4v) is 3.20. The Hall–Kier alpha value is -2.83. The molecule has 0 atom stereocenters. The molecule has 1 saturated heterocycles. The van der Waals surface area contributed by atoms with Crippen LogP contribution in [0.1, 0.15) is 25.3 Å². The first-order valence-corrected chi connectivity index (χ1v) is 9.41. The summed E-state index contributed by atoms with van der Waals surface area (Å²) in [5.41, 5.74) is 1.24. The number of carbonyl (C=O) groups is 1. The quantitative estimate of drug-likeness (QED) is 0.843. The number of benzene rings is 1. The highest BCUT2D eigenvalue weighted by Gasteiger charge is 2.23. The van der Waals surface area contributed by atoms with Crippen LogP contribution in [0.25, 0.3) is 0 Å². The van der Waals surface area contributed by atoms with Gasteiger partial charge < -0.3 is 19.9 Å². The molecule has 27 heavy (non-hydrogen) atoms. The van der Waals surface area contributed by atoms with Crippen molar-refractivity contribution in [2.75, 3.05) is 37.0 Å². The normalized spacial score (nSPS) is 14.7. The van der Waals surface area contributed by atoms with Gasteiger partial charge in [0.15, 0.2) is 0 Å². The average molecular weight is 369 g/mol. The van der Waals surface area contributed by atoms with Crippen molar-refractivity contribution in [3.63, 3.8) is 0 Å². The van der Waals surface area contributed by atoms with Crippen LogP contribution in [0.5, 0.6) is 0 Å². The molecule has 0 unspecified atom stereocenters. The third-order valence-corrected chi connectivity index (χ3v) is 4.68. The van der Waals surface area contributed by atoms with E-state index in [1.165, 1.54) is 5.56 Å². The minimum absolute atomic E-state index is 0.220. The van der Waals surface area contributed by atoms with Crippen molar-refractivity contribution in [2.45, 2.75) is 32.4 Å². The van der Waals surface area contributed by atoms with Gasteiger partial charge in [0, 0.05) is 38.8 Å². The van der Waals surface area contributed by atoms with Crippen molar-refractivity contribution >= 4 is 17.7 Å². The van der Waals surface area contributed by atoms with Gasteiger partial charge in [-0.3, -0.25) is 0 Å². The van der Waals surface area contributed by atoms with E-state index in [0.29, 0.717) is 19.7 Å². The maximum Gasteiger partial charge on any atom is 0.409 e. The number of anilines is 2. The second-order valence-electron chi connectivity index (χ2n) is 6.71. The highest BCUT2D eigenvalue weighted by molar-refractivity contribution is 5.67. The summed E-state index contributed by atoms with van der Waals surface area (Å²) in [5, 5.41) is 3.47. The summed E-state index contributed by atoms with van der Waals surface area (Å²) < 4.78 is 5.07. The van der Waals surface area contributed by atoms with Gasteiger partial charge in [0.25, 0.3) is 0 Å². The fourth-order valence-electron chi connectivity index (χ4n) is 3.20. The minimum Gasteiger partial charge on any atom is -0.450 e. The van der Waals surface area contributed by atoms with Crippen LogP contribution in [0, 0.1) is 0 Å². The number of likely N-dealkylation sites (tertiary alicyclic amines) is 1. The molecule has 2 aromatic rings. The van der Waals surface area contributed by atoms with Crippen LogP contribution in [0.4, 0.5) is 16.4 Å².